The highest BCUT2D eigenvalue weighted by molar-refractivity contribution is 5.03. The normalized spacial score (nSPS) is 20.1. The molecule has 1 aliphatic rings. The van der Waals surface area contributed by atoms with E-state index in [-0.39, 0.29) is 6.29 Å². The molecule has 12 heavy (non-hydrogen) atoms. The van der Waals surface area contributed by atoms with Gasteiger partial charge in [0.15, 0.2) is 6.29 Å². The van der Waals surface area contributed by atoms with E-state index in [9.17, 15) is 0 Å². The lowest BCUT2D eigenvalue weighted by atomic mass is 10.3. The summed E-state index contributed by atoms with van der Waals surface area (Å²) in [7, 11) is 0. The minimum absolute atomic E-state index is 0.115. The molecule has 0 N–H and O–H groups in total. The summed E-state index contributed by atoms with van der Waals surface area (Å²) in [6.07, 6.45) is 10.3. The van der Waals surface area contributed by atoms with Crippen LogP contribution in [0.4, 0.5) is 0 Å². The number of hydrogen-bond acceptors (Lipinski definition) is 2. The Balaban J connectivity index is 2.11. The van der Waals surface area contributed by atoms with Crippen molar-refractivity contribution in [2.45, 2.75) is 26.1 Å². The topological polar surface area (TPSA) is 18.5 Å². The van der Waals surface area contributed by atoms with E-state index in [2.05, 4.69) is 13.0 Å². The van der Waals surface area contributed by atoms with Crippen LogP contribution in [0.25, 0.3) is 0 Å². The number of rotatable bonds is 4. The molecule has 0 spiro atoms. The number of ether oxygens (including phenoxy) is 2. The van der Waals surface area contributed by atoms with E-state index in [1.807, 2.05) is 18.2 Å². The minimum atomic E-state index is -0.115. The van der Waals surface area contributed by atoms with Crippen LogP contribution >= 0.6 is 0 Å². The molecule has 0 unspecified atom stereocenters. The first-order valence-electron chi connectivity index (χ1n) is 4.50. The molecule has 0 aliphatic carbocycles. The van der Waals surface area contributed by atoms with Gasteiger partial charge in [0.05, 0.1) is 13.2 Å². The smallest absolute Gasteiger partial charge is 0.177 e. The van der Waals surface area contributed by atoms with Crippen LogP contribution in [-0.2, 0) is 9.47 Å². The molecule has 0 radical (unpaired) electrons. The van der Waals surface area contributed by atoms with Gasteiger partial charge in [-0.3, -0.25) is 0 Å². The van der Waals surface area contributed by atoms with Crippen molar-refractivity contribution in [1.29, 1.82) is 0 Å². The predicted molar refractivity (Wildman–Crippen MR) is 48.9 cm³/mol. The standard InChI is InChI=1S/C10H16O2/c1-2-3-4-5-6-7-10-11-8-9-12-10/h4-7,10H,2-3,8-9H2,1H3. The molecule has 0 aromatic rings. The molecule has 0 amide bonds. The van der Waals surface area contributed by atoms with Crippen LogP contribution in [-0.4, -0.2) is 19.5 Å². The second-order valence-electron chi connectivity index (χ2n) is 2.71. The summed E-state index contributed by atoms with van der Waals surface area (Å²) >= 11 is 0. The lowest BCUT2D eigenvalue weighted by molar-refractivity contribution is -0.00152. The SMILES string of the molecule is CCCC=CC=CC1OCCO1. The first-order valence-corrected chi connectivity index (χ1v) is 4.50. The van der Waals surface area contributed by atoms with Crippen molar-refractivity contribution < 1.29 is 9.47 Å². The maximum Gasteiger partial charge on any atom is 0.177 e. The van der Waals surface area contributed by atoms with Gasteiger partial charge in [-0.05, 0) is 12.5 Å². The maximum absolute atomic E-state index is 5.22. The van der Waals surface area contributed by atoms with Gasteiger partial charge in [-0.1, -0.05) is 31.6 Å². The van der Waals surface area contributed by atoms with Crippen molar-refractivity contribution in [2.75, 3.05) is 13.2 Å². The Labute approximate surface area is 73.9 Å². The molecule has 68 valence electrons. The Morgan fingerprint density at radius 1 is 1.25 bits per heavy atom. The van der Waals surface area contributed by atoms with Gasteiger partial charge in [-0.25, -0.2) is 0 Å². The number of unbranched alkanes of at least 4 members (excludes halogenated alkanes) is 1. The second kappa shape index (κ2) is 5.98. The lowest BCUT2D eigenvalue weighted by Gasteiger charge is -1.99. The van der Waals surface area contributed by atoms with Gasteiger partial charge < -0.3 is 9.47 Å². The summed E-state index contributed by atoms with van der Waals surface area (Å²) in [6, 6.07) is 0. The van der Waals surface area contributed by atoms with Crippen molar-refractivity contribution in [3.8, 4) is 0 Å². The van der Waals surface area contributed by atoms with Crippen LogP contribution in [0.3, 0.4) is 0 Å². The van der Waals surface area contributed by atoms with E-state index in [0.29, 0.717) is 13.2 Å². The van der Waals surface area contributed by atoms with E-state index in [1.165, 1.54) is 6.42 Å². The fourth-order valence-electron chi connectivity index (χ4n) is 0.984. The average Bonchev–Trinajstić information content (AvgIpc) is 2.57. The van der Waals surface area contributed by atoms with Gasteiger partial charge in [-0.2, -0.15) is 0 Å². The molecule has 1 heterocycles. The molecule has 0 atom stereocenters. The fourth-order valence-corrected chi connectivity index (χ4v) is 0.984. The monoisotopic (exact) mass is 168 g/mol. The highest BCUT2D eigenvalue weighted by Crippen LogP contribution is 2.04. The Morgan fingerprint density at radius 3 is 2.67 bits per heavy atom. The van der Waals surface area contributed by atoms with Crippen molar-refractivity contribution in [3.63, 3.8) is 0 Å². The molecule has 0 bridgehead atoms. The zero-order valence-electron chi connectivity index (χ0n) is 7.53. The maximum atomic E-state index is 5.22. The van der Waals surface area contributed by atoms with Crippen molar-refractivity contribution in [1.82, 2.24) is 0 Å². The third-order valence-electron chi connectivity index (χ3n) is 1.62. The summed E-state index contributed by atoms with van der Waals surface area (Å²) in [6.45, 7) is 3.60. The summed E-state index contributed by atoms with van der Waals surface area (Å²) in [5.41, 5.74) is 0. The van der Waals surface area contributed by atoms with Crippen molar-refractivity contribution >= 4 is 0 Å². The Morgan fingerprint density at radius 2 is 2.00 bits per heavy atom. The Kier molecular flexibility index (Phi) is 4.73. The third-order valence-corrected chi connectivity index (χ3v) is 1.62. The summed E-state index contributed by atoms with van der Waals surface area (Å²) in [5, 5.41) is 0. The molecule has 1 fully saturated rings. The predicted octanol–water partition coefficient (Wildman–Crippen LogP) is 2.27. The van der Waals surface area contributed by atoms with Crippen LogP contribution in [0.1, 0.15) is 19.8 Å². The van der Waals surface area contributed by atoms with Crippen LogP contribution < -0.4 is 0 Å². The highest BCUT2D eigenvalue weighted by Gasteiger charge is 2.10. The zero-order valence-corrected chi connectivity index (χ0v) is 7.53. The van der Waals surface area contributed by atoms with Gasteiger partial charge in [-0.15, -0.1) is 0 Å². The fraction of sp³-hybridized carbons (Fsp3) is 0.600. The molecular formula is C10H16O2. The van der Waals surface area contributed by atoms with Crippen LogP contribution in [0.5, 0.6) is 0 Å². The molecule has 1 aliphatic heterocycles. The first-order chi connectivity index (χ1) is 5.93. The molecule has 0 aromatic heterocycles. The number of hydrogen-bond donors (Lipinski definition) is 0. The molecule has 1 saturated heterocycles. The number of allylic oxidation sites excluding steroid dienone is 3. The molecule has 1 rings (SSSR count). The minimum Gasteiger partial charge on any atom is -0.347 e. The molecule has 2 heteroatoms. The summed E-state index contributed by atoms with van der Waals surface area (Å²) < 4.78 is 10.4. The van der Waals surface area contributed by atoms with E-state index in [0.717, 1.165) is 6.42 Å². The van der Waals surface area contributed by atoms with Gasteiger partial charge in [0.25, 0.3) is 0 Å². The van der Waals surface area contributed by atoms with E-state index < -0.39 is 0 Å². The second-order valence-corrected chi connectivity index (χ2v) is 2.71. The van der Waals surface area contributed by atoms with Crippen molar-refractivity contribution in [2.24, 2.45) is 0 Å². The summed E-state index contributed by atoms with van der Waals surface area (Å²) in [5.74, 6) is 0. The van der Waals surface area contributed by atoms with Crippen LogP contribution in [0.2, 0.25) is 0 Å². The lowest BCUT2D eigenvalue weighted by Crippen LogP contribution is -2.01. The third kappa shape index (κ3) is 3.69. The van der Waals surface area contributed by atoms with Gasteiger partial charge >= 0.3 is 0 Å². The van der Waals surface area contributed by atoms with E-state index in [1.54, 1.807) is 0 Å². The zero-order chi connectivity index (χ0) is 8.65. The highest BCUT2D eigenvalue weighted by atomic mass is 16.7. The molecule has 0 aromatic carbocycles. The van der Waals surface area contributed by atoms with Gasteiger partial charge in [0.1, 0.15) is 0 Å². The molecule has 2 nitrogen and oxygen atoms in total. The largest absolute Gasteiger partial charge is 0.347 e. The molecule has 0 saturated carbocycles. The van der Waals surface area contributed by atoms with Crippen LogP contribution in [0, 0.1) is 0 Å². The van der Waals surface area contributed by atoms with E-state index >= 15 is 0 Å². The van der Waals surface area contributed by atoms with Gasteiger partial charge in [0, 0.05) is 0 Å². The average molecular weight is 168 g/mol. The quantitative estimate of drug-likeness (QED) is 0.599. The first kappa shape index (κ1) is 9.49. The van der Waals surface area contributed by atoms with Gasteiger partial charge in [0.2, 0.25) is 0 Å². The Bertz CT molecular complexity index is 155. The Hall–Kier alpha value is -0.600. The van der Waals surface area contributed by atoms with Crippen molar-refractivity contribution in [3.05, 3.63) is 24.3 Å². The van der Waals surface area contributed by atoms with E-state index in [4.69, 9.17) is 9.47 Å². The summed E-state index contributed by atoms with van der Waals surface area (Å²) in [4.78, 5) is 0. The molecular weight excluding hydrogens is 152 g/mol. The van der Waals surface area contributed by atoms with Crippen LogP contribution in [0.15, 0.2) is 24.3 Å².